The van der Waals surface area contributed by atoms with Crippen molar-refractivity contribution in [2.24, 2.45) is 0 Å². The van der Waals surface area contributed by atoms with Crippen molar-refractivity contribution >= 4 is 6.04 Å². The minimum Gasteiger partial charge on any atom is -0.379 e. The monoisotopic (exact) mass is 170 g/mol. The zero-order chi connectivity index (χ0) is 7.82. The molecule has 0 amide bonds. The number of ether oxygens (including phenoxy) is 2. The Hall–Kier alpha value is -0.550. The highest BCUT2D eigenvalue weighted by molar-refractivity contribution is 5.69. The lowest BCUT2D eigenvalue weighted by Gasteiger charge is -1.99. The van der Waals surface area contributed by atoms with Crippen LogP contribution in [0.2, 0.25) is 0 Å². The second-order valence-electron chi connectivity index (χ2n) is 1.60. The fourth-order valence-electron chi connectivity index (χ4n) is 0.415. The molecule has 0 aromatic heterocycles. The Bertz CT molecular complexity index is 97.8. The van der Waals surface area contributed by atoms with Crippen molar-refractivity contribution in [3.8, 4) is 0 Å². The molecule has 0 aliphatic heterocycles. The summed E-state index contributed by atoms with van der Waals surface area (Å²) in [5.74, 6) is 0. The third-order valence-electron chi connectivity index (χ3n) is 0.792. The van der Waals surface area contributed by atoms with Gasteiger partial charge in [-0.2, -0.15) is 4.39 Å². The van der Waals surface area contributed by atoms with Gasteiger partial charge < -0.3 is 9.47 Å². The molecule has 0 rings (SSSR count). The SMILES string of the molecule is CCOCCOCC(=O)F.F. The average molecular weight is 170 g/mol. The summed E-state index contributed by atoms with van der Waals surface area (Å²) in [6, 6.07) is -1.45. The van der Waals surface area contributed by atoms with E-state index in [-0.39, 0.29) is 11.3 Å². The Balaban J connectivity index is 0. The lowest BCUT2D eigenvalue weighted by molar-refractivity contribution is -0.134. The summed E-state index contributed by atoms with van der Waals surface area (Å²) in [4.78, 5) is 9.64. The van der Waals surface area contributed by atoms with Gasteiger partial charge in [0.15, 0.2) is 0 Å². The first-order valence-corrected chi connectivity index (χ1v) is 3.11. The van der Waals surface area contributed by atoms with E-state index in [1.807, 2.05) is 6.92 Å². The molecule has 0 bridgehead atoms. The third kappa shape index (κ3) is 12.6. The molecule has 3 nitrogen and oxygen atoms in total. The highest BCUT2D eigenvalue weighted by Gasteiger charge is 1.95. The number of carbonyl (C=O) groups is 1. The van der Waals surface area contributed by atoms with Crippen LogP contribution in [0, 0.1) is 0 Å². The standard InChI is InChI=1S/C6H11FO3.FH/c1-2-9-3-4-10-5-6(7)8;/h2-5H2,1H3;1H. The molecule has 0 spiro atoms. The number of hydrogen-bond donors (Lipinski definition) is 0. The molecule has 0 unspecified atom stereocenters. The maximum Gasteiger partial charge on any atom is 0.326 e. The van der Waals surface area contributed by atoms with Gasteiger partial charge in [-0.1, -0.05) is 0 Å². The van der Waals surface area contributed by atoms with Crippen molar-refractivity contribution in [3.63, 3.8) is 0 Å². The molecule has 68 valence electrons. The van der Waals surface area contributed by atoms with Gasteiger partial charge in [0.1, 0.15) is 6.61 Å². The lowest BCUT2D eigenvalue weighted by atomic mass is 10.7. The van der Waals surface area contributed by atoms with Crippen molar-refractivity contribution < 1.29 is 23.4 Å². The third-order valence-corrected chi connectivity index (χ3v) is 0.792. The summed E-state index contributed by atoms with van der Waals surface area (Å²) < 4.78 is 20.8. The van der Waals surface area contributed by atoms with E-state index in [4.69, 9.17) is 4.74 Å². The molecule has 0 N–H and O–H groups in total. The Morgan fingerprint density at radius 3 is 2.36 bits per heavy atom. The minimum atomic E-state index is -1.45. The van der Waals surface area contributed by atoms with E-state index in [9.17, 15) is 9.18 Å². The Morgan fingerprint density at radius 1 is 1.36 bits per heavy atom. The molecule has 0 atom stereocenters. The zero-order valence-corrected chi connectivity index (χ0v) is 6.34. The van der Waals surface area contributed by atoms with E-state index in [0.29, 0.717) is 13.2 Å². The second kappa shape index (κ2) is 9.45. The van der Waals surface area contributed by atoms with Crippen LogP contribution in [0.1, 0.15) is 6.92 Å². The van der Waals surface area contributed by atoms with Crippen LogP contribution in [0.15, 0.2) is 0 Å². The number of hydrogen-bond acceptors (Lipinski definition) is 3. The Morgan fingerprint density at radius 2 is 1.91 bits per heavy atom. The van der Waals surface area contributed by atoms with Crippen molar-refractivity contribution in [2.75, 3.05) is 26.4 Å². The van der Waals surface area contributed by atoms with Crippen LogP contribution in [0.25, 0.3) is 0 Å². The lowest BCUT2D eigenvalue weighted by Crippen LogP contribution is -2.08. The molecule has 0 saturated carbocycles. The van der Waals surface area contributed by atoms with E-state index < -0.39 is 12.6 Å². The van der Waals surface area contributed by atoms with Crippen molar-refractivity contribution in [2.45, 2.75) is 6.92 Å². The summed E-state index contributed by atoms with van der Waals surface area (Å²) in [7, 11) is 0. The number of halogens is 2. The quantitative estimate of drug-likeness (QED) is 0.434. The van der Waals surface area contributed by atoms with Crippen LogP contribution < -0.4 is 0 Å². The minimum absolute atomic E-state index is 0. The average Bonchev–Trinajstić information content (AvgIpc) is 1.87. The molecular formula is C6H12F2O3. The van der Waals surface area contributed by atoms with Crippen molar-refractivity contribution in [3.05, 3.63) is 0 Å². The fourth-order valence-corrected chi connectivity index (χ4v) is 0.415. The van der Waals surface area contributed by atoms with E-state index in [0.717, 1.165) is 0 Å². The molecule has 0 heterocycles. The summed E-state index contributed by atoms with van der Waals surface area (Å²) >= 11 is 0. The molecule has 0 fully saturated rings. The summed E-state index contributed by atoms with van der Waals surface area (Å²) in [5, 5.41) is 0. The molecule has 0 saturated heterocycles. The maximum absolute atomic E-state index is 11.4. The van der Waals surface area contributed by atoms with Crippen molar-refractivity contribution in [1.29, 1.82) is 0 Å². The number of rotatable bonds is 6. The van der Waals surface area contributed by atoms with Gasteiger partial charge in [-0.25, -0.2) is 0 Å². The Labute approximate surface area is 63.8 Å². The highest BCUT2D eigenvalue weighted by Crippen LogP contribution is 1.79. The normalized spacial score (nSPS) is 8.91. The molecule has 0 aliphatic carbocycles. The van der Waals surface area contributed by atoms with Gasteiger partial charge >= 0.3 is 6.04 Å². The van der Waals surface area contributed by atoms with Crippen LogP contribution in [0.5, 0.6) is 0 Å². The summed E-state index contributed by atoms with van der Waals surface area (Å²) in [6.45, 7) is 2.66. The van der Waals surface area contributed by atoms with Gasteiger partial charge in [0.2, 0.25) is 0 Å². The van der Waals surface area contributed by atoms with Gasteiger partial charge in [-0.15, -0.1) is 0 Å². The molecule has 0 aliphatic rings. The van der Waals surface area contributed by atoms with Gasteiger partial charge in [0.05, 0.1) is 13.2 Å². The van der Waals surface area contributed by atoms with Crippen molar-refractivity contribution in [1.82, 2.24) is 0 Å². The van der Waals surface area contributed by atoms with Crippen LogP contribution in [-0.4, -0.2) is 32.5 Å². The summed E-state index contributed by atoms with van der Waals surface area (Å²) in [5.41, 5.74) is 0. The predicted octanol–water partition coefficient (Wildman–Crippen LogP) is 0.688. The topological polar surface area (TPSA) is 35.5 Å². The molecule has 5 heteroatoms. The van der Waals surface area contributed by atoms with E-state index in [2.05, 4.69) is 4.74 Å². The molecule has 0 aromatic carbocycles. The first-order chi connectivity index (χ1) is 4.77. The molecule has 0 radical (unpaired) electrons. The van der Waals surface area contributed by atoms with E-state index in [1.165, 1.54) is 0 Å². The van der Waals surface area contributed by atoms with Crippen LogP contribution in [0.4, 0.5) is 9.09 Å². The van der Waals surface area contributed by atoms with E-state index in [1.54, 1.807) is 0 Å². The zero-order valence-electron chi connectivity index (χ0n) is 6.34. The predicted molar refractivity (Wildman–Crippen MR) is 35.9 cm³/mol. The fraction of sp³-hybridized carbons (Fsp3) is 0.833. The van der Waals surface area contributed by atoms with Gasteiger partial charge in [0.25, 0.3) is 0 Å². The second-order valence-corrected chi connectivity index (χ2v) is 1.60. The smallest absolute Gasteiger partial charge is 0.326 e. The van der Waals surface area contributed by atoms with Gasteiger partial charge in [-0.3, -0.25) is 9.50 Å². The summed E-state index contributed by atoms with van der Waals surface area (Å²) in [6.07, 6.45) is 0. The first kappa shape index (κ1) is 13.1. The largest absolute Gasteiger partial charge is 0.379 e. The highest BCUT2D eigenvalue weighted by atomic mass is 19.1. The maximum atomic E-state index is 11.4. The first-order valence-electron chi connectivity index (χ1n) is 3.11. The van der Waals surface area contributed by atoms with E-state index >= 15 is 0 Å². The van der Waals surface area contributed by atoms with Crippen LogP contribution in [0.3, 0.4) is 0 Å². The van der Waals surface area contributed by atoms with Gasteiger partial charge in [0, 0.05) is 6.61 Å². The van der Waals surface area contributed by atoms with Crippen LogP contribution >= 0.6 is 0 Å². The molecule has 0 aromatic rings. The van der Waals surface area contributed by atoms with Crippen LogP contribution in [-0.2, 0) is 14.3 Å². The number of carbonyl (C=O) groups excluding carboxylic acids is 1. The Kier molecular flexibility index (Phi) is 11.2. The van der Waals surface area contributed by atoms with Gasteiger partial charge in [-0.05, 0) is 6.92 Å². The molecule has 11 heavy (non-hydrogen) atoms. The molecular weight excluding hydrogens is 158 g/mol.